The number of nitrogens with one attached hydrogen (secondary N) is 1. The molecule has 30 heavy (non-hydrogen) atoms. The monoisotopic (exact) mass is 426 g/mol. The molecule has 0 radical (unpaired) electrons. The van der Waals surface area contributed by atoms with Crippen molar-refractivity contribution in [2.75, 3.05) is 24.4 Å². The van der Waals surface area contributed by atoms with Gasteiger partial charge in [0, 0.05) is 24.3 Å². The maximum atomic E-state index is 12.6. The Bertz CT molecular complexity index is 1020. The van der Waals surface area contributed by atoms with Gasteiger partial charge in [-0.3, -0.25) is 9.52 Å². The minimum absolute atomic E-state index is 0.00790. The Morgan fingerprint density at radius 1 is 1.00 bits per heavy atom. The molecule has 0 aliphatic heterocycles. The smallest absolute Gasteiger partial charge is 0.261 e. The SMILES string of the molecule is CCOc1ccc(NS(=O)(=O)c2ccc(C(=O)N(CCC#N)CCC#N)cc2)cc1. The Kier molecular flexibility index (Phi) is 8.21. The van der Waals surface area contributed by atoms with Crippen LogP contribution in [0.15, 0.2) is 53.4 Å². The number of benzene rings is 2. The third kappa shape index (κ3) is 6.23. The summed E-state index contributed by atoms with van der Waals surface area (Å²) in [5, 5.41) is 17.5. The van der Waals surface area contributed by atoms with E-state index in [1.807, 2.05) is 19.1 Å². The molecular weight excluding hydrogens is 404 g/mol. The molecule has 0 saturated heterocycles. The van der Waals surface area contributed by atoms with Crippen LogP contribution in [-0.2, 0) is 10.0 Å². The second-order valence-electron chi connectivity index (χ2n) is 6.20. The van der Waals surface area contributed by atoms with E-state index in [2.05, 4.69) is 4.72 Å². The number of nitrogens with zero attached hydrogens (tertiary/aromatic N) is 3. The van der Waals surface area contributed by atoms with E-state index in [1.165, 1.54) is 29.2 Å². The van der Waals surface area contributed by atoms with Gasteiger partial charge in [0.05, 0.1) is 36.5 Å². The molecule has 0 aliphatic carbocycles. The van der Waals surface area contributed by atoms with Crippen molar-refractivity contribution in [2.45, 2.75) is 24.7 Å². The lowest BCUT2D eigenvalue weighted by atomic mass is 10.2. The molecular formula is C21H22N4O4S. The quantitative estimate of drug-likeness (QED) is 0.622. The number of hydrogen-bond acceptors (Lipinski definition) is 6. The van der Waals surface area contributed by atoms with Crippen molar-refractivity contribution in [2.24, 2.45) is 0 Å². The van der Waals surface area contributed by atoms with Crippen LogP contribution in [0.4, 0.5) is 5.69 Å². The van der Waals surface area contributed by atoms with Crippen molar-refractivity contribution in [3.05, 3.63) is 54.1 Å². The molecule has 0 saturated carbocycles. The van der Waals surface area contributed by atoms with E-state index < -0.39 is 10.0 Å². The molecule has 0 bridgehead atoms. The molecule has 0 aliphatic rings. The minimum atomic E-state index is -3.83. The summed E-state index contributed by atoms with van der Waals surface area (Å²) in [6.07, 6.45) is 0.297. The van der Waals surface area contributed by atoms with Gasteiger partial charge in [0.1, 0.15) is 5.75 Å². The second kappa shape index (κ2) is 10.8. The van der Waals surface area contributed by atoms with Gasteiger partial charge in [-0.25, -0.2) is 8.42 Å². The van der Waals surface area contributed by atoms with Crippen LogP contribution in [0.5, 0.6) is 5.75 Å². The molecule has 1 N–H and O–H groups in total. The van der Waals surface area contributed by atoms with Crippen molar-refractivity contribution in [1.82, 2.24) is 4.90 Å². The van der Waals surface area contributed by atoms with Crippen LogP contribution >= 0.6 is 0 Å². The summed E-state index contributed by atoms with van der Waals surface area (Å²) in [6, 6.07) is 16.0. The van der Waals surface area contributed by atoms with Gasteiger partial charge < -0.3 is 9.64 Å². The predicted molar refractivity (Wildman–Crippen MR) is 111 cm³/mol. The number of sulfonamides is 1. The molecule has 1 amide bonds. The van der Waals surface area contributed by atoms with E-state index >= 15 is 0 Å². The van der Waals surface area contributed by atoms with E-state index in [9.17, 15) is 13.2 Å². The predicted octanol–water partition coefficient (Wildman–Crippen LogP) is 3.16. The number of nitriles is 2. The zero-order valence-electron chi connectivity index (χ0n) is 16.5. The van der Waals surface area contributed by atoms with Gasteiger partial charge in [-0.1, -0.05) is 0 Å². The molecule has 2 rings (SSSR count). The Labute approximate surface area is 176 Å². The molecule has 0 heterocycles. The van der Waals surface area contributed by atoms with Gasteiger partial charge in [0.15, 0.2) is 0 Å². The maximum absolute atomic E-state index is 12.6. The largest absolute Gasteiger partial charge is 0.494 e. The highest BCUT2D eigenvalue weighted by atomic mass is 32.2. The van der Waals surface area contributed by atoms with E-state index in [0.717, 1.165) is 0 Å². The fourth-order valence-electron chi connectivity index (χ4n) is 2.64. The number of carbonyl (C=O) groups is 1. The van der Waals surface area contributed by atoms with E-state index in [-0.39, 0.29) is 42.3 Å². The van der Waals surface area contributed by atoms with Crippen LogP contribution in [0.1, 0.15) is 30.1 Å². The fraction of sp³-hybridized carbons (Fsp3) is 0.286. The number of anilines is 1. The first-order valence-corrected chi connectivity index (χ1v) is 10.8. The molecule has 8 nitrogen and oxygen atoms in total. The summed E-state index contributed by atoms with van der Waals surface area (Å²) < 4.78 is 33.0. The average Bonchev–Trinajstić information content (AvgIpc) is 2.75. The summed E-state index contributed by atoms with van der Waals surface area (Å²) >= 11 is 0. The van der Waals surface area contributed by atoms with Gasteiger partial charge in [-0.15, -0.1) is 0 Å². The summed E-state index contributed by atoms with van der Waals surface area (Å²) in [5.74, 6) is 0.282. The maximum Gasteiger partial charge on any atom is 0.261 e. The number of carbonyl (C=O) groups excluding carboxylic acids is 1. The second-order valence-corrected chi connectivity index (χ2v) is 7.88. The highest BCUT2D eigenvalue weighted by Gasteiger charge is 2.18. The first-order chi connectivity index (χ1) is 14.4. The summed E-state index contributed by atoms with van der Waals surface area (Å²) in [6.45, 7) is 2.78. The minimum Gasteiger partial charge on any atom is -0.494 e. The van der Waals surface area contributed by atoms with E-state index in [0.29, 0.717) is 18.0 Å². The summed E-state index contributed by atoms with van der Waals surface area (Å²) in [5.41, 5.74) is 0.670. The Morgan fingerprint density at radius 3 is 2.07 bits per heavy atom. The molecule has 0 unspecified atom stereocenters. The van der Waals surface area contributed by atoms with Crippen LogP contribution in [0, 0.1) is 22.7 Å². The summed E-state index contributed by atoms with van der Waals surface area (Å²) in [7, 11) is -3.83. The van der Waals surface area contributed by atoms with Crippen LogP contribution in [-0.4, -0.2) is 38.9 Å². The number of ether oxygens (including phenoxy) is 1. The zero-order chi connectivity index (χ0) is 22.0. The Hall–Kier alpha value is -3.56. The van der Waals surface area contributed by atoms with Crippen LogP contribution in [0.25, 0.3) is 0 Å². The van der Waals surface area contributed by atoms with E-state index in [1.54, 1.807) is 24.3 Å². The molecule has 2 aromatic rings. The molecule has 0 aromatic heterocycles. The van der Waals surface area contributed by atoms with Crippen LogP contribution < -0.4 is 9.46 Å². The van der Waals surface area contributed by atoms with Gasteiger partial charge in [-0.05, 0) is 55.5 Å². The Morgan fingerprint density at radius 2 is 1.57 bits per heavy atom. The van der Waals surface area contributed by atoms with Crippen molar-refractivity contribution in [3.8, 4) is 17.9 Å². The molecule has 2 aromatic carbocycles. The van der Waals surface area contributed by atoms with Crippen LogP contribution in [0.2, 0.25) is 0 Å². The topological polar surface area (TPSA) is 123 Å². The zero-order valence-corrected chi connectivity index (χ0v) is 17.4. The Balaban J connectivity index is 2.13. The van der Waals surface area contributed by atoms with Crippen molar-refractivity contribution < 1.29 is 17.9 Å². The first kappa shape index (κ1) is 22.7. The molecule has 0 spiro atoms. The first-order valence-electron chi connectivity index (χ1n) is 9.30. The number of amides is 1. The number of hydrogen-bond donors (Lipinski definition) is 1. The lowest BCUT2D eigenvalue weighted by Gasteiger charge is -2.20. The van der Waals surface area contributed by atoms with Gasteiger partial charge >= 0.3 is 0 Å². The molecule has 0 atom stereocenters. The molecule has 9 heteroatoms. The average molecular weight is 426 g/mol. The summed E-state index contributed by atoms with van der Waals surface area (Å²) in [4.78, 5) is 14.0. The highest BCUT2D eigenvalue weighted by molar-refractivity contribution is 7.92. The molecule has 156 valence electrons. The van der Waals surface area contributed by atoms with Crippen LogP contribution in [0.3, 0.4) is 0 Å². The lowest BCUT2D eigenvalue weighted by Crippen LogP contribution is -2.32. The third-order valence-electron chi connectivity index (χ3n) is 4.10. The lowest BCUT2D eigenvalue weighted by molar-refractivity contribution is 0.0762. The highest BCUT2D eigenvalue weighted by Crippen LogP contribution is 2.20. The molecule has 0 fully saturated rings. The van der Waals surface area contributed by atoms with E-state index in [4.69, 9.17) is 15.3 Å². The normalized spacial score (nSPS) is 10.5. The van der Waals surface area contributed by atoms with Gasteiger partial charge in [0.2, 0.25) is 0 Å². The van der Waals surface area contributed by atoms with Crippen molar-refractivity contribution in [3.63, 3.8) is 0 Å². The van der Waals surface area contributed by atoms with Gasteiger partial charge in [-0.2, -0.15) is 10.5 Å². The number of rotatable bonds is 10. The van der Waals surface area contributed by atoms with Crippen molar-refractivity contribution >= 4 is 21.6 Å². The standard InChI is InChI=1S/C21H22N4O4S/c1-2-29-19-9-7-18(8-10-19)24-30(27,28)20-11-5-17(6-12-20)21(26)25(15-3-13-22)16-4-14-23/h5-12,24H,2-4,15-16H2,1H3. The third-order valence-corrected chi connectivity index (χ3v) is 5.50. The fourth-order valence-corrected chi connectivity index (χ4v) is 3.70. The van der Waals surface area contributed by atoms with Crippen molar-refractivity contribution in [1.29, 1.82) is 10.5 Å². The van der Waals surface area contributed by atoms with Gasteiger partial charge in [0.25, 0.3) is 15.9 Å².